The van der Waals surface area contributed by atoms with E-state index in [0.29, 0.717) is 0 Å². The van der Waals surface area contributed by atoms with Gasteiger partial charge in [0.15, 0.2) is 0 Å². The largest absolute Gasteiger partial charge is 0.296 e. The second kappa shape index (κ2) is 2.98. The Morgan fingerprint density at radius 1 is 1.27 bits per heavy atom. The van der Waals surface area contributed by atoms with Crippen LogP contribution in [0.2, 0.25) is 0 Å². The van der Waals surface area contributed by atoms with Gasteiger partial charge in [-0.1, -0.05) is 19.1 Å². The first-order valence-electron chi connectivity index (χ1n) is 4.75. The smallest absolute Gasteiger partial charge is 0.0166 e. The van der Waals surface area contributed by atoms with Crippen LogP contribution in [0.15, 0.2) is 12.2 Å². The predicted octanol–water partition coefficient (Wildman–Crippen LogP) is 2.05. The first kappa shape index (κ1) is 7.35. The monoisotopic (exact) mass is 151 g/mol. The van der Waals surface area contributed by atoms with Gasteiger partial charge in [0.05, 0.1) is 0 Å². The van der Waals surface area contributed by atoms with Crippen molar-refractivity contribution >= 4 is 0 Å². The second-order valence-electron chi connectivity index (χ2n) is 4.00. The Hall–Kier alpha value is -0.300. The summed E-state index contributed by atoms with van der Waals surface area (Å²) in [5, 5.41) is 0. The molecule has 1 heteroatoms. The molecule has 0 bridgehead atoms. The van der Waals surface area contributed by atoms with Crippen molar-refractivity contribution in [3.63, 3.8) is 0 Å². The van der Waals surface area contributed by atoms with Crippen LogP contribution in [-0.4, -0.2) is 24.0 Å². The van der Waals surface area contributed by atoms with E-state index in [1.54, 1.807) is 0 Å². The summed E-state index contributed by atoms with van der Waals surface area (Å²) in [7, 11) is 0. The Balaban J connectivity index is 2.00. The molecule has 2 aliphatic heterocycles. The molecule has 2 heterocycles. The van der Waals surface area contributed by atoms with Crippen LogP contribution in [0, 0.1) is 5.92 Å². The van der Waals surface area contributed by atoms with Crippen LogP contribution in [0.25, 0.3) is 0 Å². The number of rotatable bonds is 0. The molecule has 1 nitrogen and oxygen atoms in total. The summed E-state index contributed by atoms with van der Waals surface area (Å²) >= 11 is 0. The van der Waals surface area contributed by atoms with Gasteiger partial charge in [-0.2, -0.15) is 0 Å². The average Bonchev–Trinajstić information content (AvgIpc) is 2.04. The summed E-state index contributed by atoms with van der Waals surface area (Å²) in [5.74, 6) is 0.928. The molecular weight excluding hydrogens is 134 g/mol. The molecule has 11 heavy (non-hydrogen) atoms. The summed E-state index contributed by atoms with van der Waals surface area (Å²) in [4.78, 5) is 2.63. The maximum Gasteiger partial charge on any atom is 0.0166 e. The third-order valence-corrected chi connectivity index (χ3v) is 2.97. The van der Waals surface area contributed by atoms with Gasteiger partial charge in [-0.3, -0.25) is 4.90 Å². The zero-order valence-electron chi connectivity index (χ0n) is 7.29. The number of hydrogen-bond acceptors (Lipinski definition) is 1. The highest BCUT2D eigenvalue weighted by atomic mass is 15.2. The maximum absolute atomic E-state index is 2.63. The Bertz CT molecular complexity index is 162. The van der Waals surface area contributed by atoms with Crippen LogP contribution in [-0.2, 0) is 0 Å². The van der Waals surface area contributed by atoms with Crippen molar-refractivity contribution in [2.24, 2.45) is 5.92 Å². The Morgan fingerprint density at radius 3 is 3.09 bits per heavy atom. The van der Waals surface area contributed by atoms with E-state index in [0.717, 1.165) is 12.0 Å². The molecule has 2 aliphatic rings. The van der Waals surface area contributed by atoms with Gasteiger partial charge in [-0.25, -0.2) is 0 Å². The summed E-state index contributed by atoms with van der Waals surface area (Å²) in [6.45, 7) is 4.90. The van der Waals surface area contributed by atoms with Crippen LogP contribution in [0.4, 0.5) is 0 Å². The molecule has 62 valence electrons. The number of fused-ring (bicyclic) bond motifs is 1. The van der Waals surface area contributed by atoms with Gasteiger partial charge in [0.2, 0.25) is 0 Å². The Morgan fingerprint density at radius 2 is 2.18 bits per heavy atom. The predicted molar refractivity (Wildman–Crippen MR) is 47.5 cm³/mol. The lowest BCUT2D eigenvalue weighted by molar-refractivity contribution is 0.123. The molecule has 0 N–H and O–H groups in total. The lowest BCUT2D eigenvalue weighted by Gasteiger charge is -2.39. The van der Waals surface area contributed by atoms with Gasteiger partial charge in [0.1, 0.15) is 0 Å². The van der Waals surface area contributed by atoms with E-state index >= 15 is 0 Å². The summed E-state index contributed by atoms with van der Waals surface area (Å²) < 4.78 is 0. The molecule has 0 aromatic heterocycles. The molecule has 0 aromatic rings. The van der Waals surface area contributed by atoms with Gasteiger partial charge in [0, 0.05) is 19.1 Å². The SMILES string of the molecule is C[C@H]1CCC2CC=CCN2C1. The fourth-order valence-corrected chi connectivity index (χ4v) is 2.25. The summed E-state index contributed by atoms with van der Waals surface area (Å²) in [5.41, 5.74) is 0. The second-order valence-corrected chi connectivity index (χ2v) is 4.00. The summed E-state index contributed by atoms with van der Waals surface area (Å²) in [6, 6.07) is 0.885. The van der Waals surface area contributed by atoms with E-state index in [4.69, 9.17) is 0 Å². The highest BCUT2D eigenvalue weighted by Gasteiger charge is 2.25. The zero-order valence-corrected chi connectivity index (χ0v) is 7.29. The molecule has 0 saturated carbocycles. The summed E-state index contributed by atoms with van der Waals surface area (Å²) in [6.07, 6.45) is 8.82. The van der Waals surface area contributed by atoms with Crippen molar-refractivity contribution in [1.82, 2.24) is 4.90 Å². The van der Waals surface area contributed by atoms with Gasteiger partial charge >= 0.3 is 0 Å². The van der Waals surface area contributed by atoms with Crippen molar-refractivity contribution in [2.45, 2.75) is 32.2 Å². The normalized spacial score (nSPS) is 38.6. The molecule has 2 rings (SSSR count). The molecule has 1 fully saturated rings. The topological polar surface area (TPSA) is 3.24 Å². The minimum Gasteiger partial charge on any atom is -0.296 e. The van der Waals surface area contributed by atoms with Crippen molar-refractivity contribution < 1.29 is 0 Å². The van der Waals surface area contributed by atoms with Gasteiger partial charge in [0.25, 0.3) is 0 Å². The molecule has 1 saturated heterocycles. The minimum absolute atomic E-state index is 0.885. The van der Waals surface area contributed by atoms with Crippen LogP contribution in [0.3, 0.4) is 0 Å². The molecule has 0 radical (unpaired) electrons. The van der Waals surface area contributed by atoms with Crippen LogP contribution < -0.4 is 0 Å². The quantitative estimate of drug-likeness (QED) is 0.479. The van der Waals surface area contributed by atoms with Crippen molar-refractivity contribution in [3.8, 4) is 0 Å². The molecule has 0 amide bonds. The maximum atomic E-state index is 2.63. The minimum atomic E-state index is 0.885. The Labute approximate surface area is 69.1 Å². The third-order valence-electron chi connectivity index (χ3n) is 2.97. The number of piperidine rings is 1. The van der Waals surface area contributed by atoms with Crippen LogP contribution in [0.1, 0.15) is 26.2 Å². The Kier molecular flexibility index (Phi) is 1.99. The average molecular weight is 151 g/mol. The van der Waals surface area contributed by atoms with Gasteiger partial charge < -0.3 is 0 Å². The first-order chi connectivity index (χ1) is 5.36. The van der Waals surface area contributed by atoms with Crippen LogP contribution >= 0.6 is 0 Å². The fraction of sp³-hybridized carbons (Fsp3) is 0.800. The van der Waals surface area contributed by atoms with E-state index in [1.165, 1.54) is 32.4 Å². The van der Waals surface area contributed by atoms with Crippen molar-refractivity contribution in [3.05, 3.63) is 12.2 Å². The highest BCUT2D eigenvalue weighted by Crippen LogP contribution is 2.25. The fourth-order valence-electron chi connectivity index (χ4n) is 2.25. The molecule has 0 aliphatic carbocycles. The first-order valence-corrected chi connectivity index (χ1v) is 4.75. The molecule has 0 aromatic carbocycles. The lowest BCUT2D eigenvalue weighted by Crippen LogP contribution is -2.43. The van der Waals surface area contributed by atoms with Gasteiger partial charge in [-0.05, 0) is 25.2 Å². The molecule has 0 spiro atoms. The highest BCUT2D eigenvalue weighted by molar-refractivity contribution is 4.98. The van der Waals surface area contributed by atoms with E-state index in [-0.39, 0.29) is 0 Å². The molecule has 1 unspecified atom stereocenters. The van der Waals surface area contributed by atoms with E-state index in [1.807, 2.05) is 0 Å². The van der Waals surface area contributed by atoms with Gasteiger partial charge in [-0.15, -0.1) is 0 Å². The van der Waals surface area contributed by atoms with Crippen molar-refractivity contribution in [2.75, 3.05) is 13.1 Å². The van der Waals surface area contributed by atoms with Crippen molar-refractivity contribution in [1.29, 1.82) is 0 Å². The third kappa shape index (κ3) is 1.48. The van der Waals surface area contributed by atoms with E-state index in [2.05, 4.69) is 24.0 Å². The van der Waals surface area contributed by atoms with E-state index < -0.39 is 0 Å². The number of hydrogen-bond donors (Lipinski definition) is 0. The molecular formula is C10H17N. The zero-order chi connectivity index (χ0) is 7.68. The van der Waals surface area contributed by atoms with E-state index in [9.17, 15) is 0 Å². The van der Waals surface area contributed by atoms with Crippen LogP contribution in [0.5, 0.6) is 0 Å². The standard InChI is InChI=1S/C10H17N/c1-9-5-6-10-4-2-3-7-11(10)8-9/h2-3,9-10H,4-8H2,1H3/t9-,10?/m0/s1. The molecule has 2 atom stereocenters. The lowest BCUT2D eigenvalue weighted by atomic mass is 9.91. The number of nitrogens with zero attached hydrogens (tertiary/aromatic N) is 1.